The predicted molar refractivity (Wildman–Crippen MR) is 82.8 cm³/mol. The third-order valence-electron chi connectivity index (χ3n) is 4.23. The summed E-state index contributed by atoms with van der Waals surface area (Å²) in [4.78, 5) is 4.09. The highest BCUT2D eigenvalue weighted by atomic mass is 19.1. The van der Waals surface area contributed by atoms with Gasteiger partial charge in [-0.1, -0.05) is 33.6 Å². The average Bonchev–Trinajstić information content (AvgIpc) is 2.48. The van der Waals surface area contributed by atoms with E-state index in [0.29, 0.717) is 24.1 Å². The summed E-state index contributed by atoms with van der Waals surface area (Å²) in [5.74, 6) is 0.557. The van der Waals surface area contributed by atoms with Crippen LogP contribution < -0.4 is 10.1 Å². The van der Waals surface area contributed by atoms with E-state index in [2.05, 4.69) is 17.2 Å². The zero-order valence-corrected chi connectivity index (χ0v) is 13.4. The summed E-state index contributed by atoms with van der Waals surface area (Å²) >= 11 is 0. The molecule has 1 aromatic heterocycles. The molecular weight excluding hydrogens is 267 g/mol. The normalized spacial score (nSPS) is 22.5. The molecule has 118 valence electrons. The molecule has 0 spiro atoms. The van der Waals surface area contributed by atoms with Gasteiger partial charge in [0.25, 0.3) is 5.88 Å². The lowest BCUT2D eigenvalue weighted by Crippen LogP contribution is -2.26. The first-order valence-electron chi connectivity index (χ1n) is 8.13. The van der Waals surface area contributed by atoms with Crippen LogP contribution in [0.15, 0.2) is 12.3 Å². The van der Waals surface area contributed by atoms with E-state index < -0.39 is 0 Å². The van der Waals surface area contributed by atoms with Crippen molar-refractivity contribution in [2.45, 2.75) is 71.6 Å². The van der Waals surface area contributed by atoms with Crippen molar-refractivity contribution in [3.63, 3.8) is 0 Å². The van der Waals surface area contributed by atoms with Crippen LogP contribution in [-0.4, -0.2) is 17.1 Å². The van der Waals surface area contributed by atoms with Crippen LogP contribution in [0.1, 0.15) is 58.4 Å². The lowest BCUT2D eigenvalue weighted by molar-refractivity contribution is 0.111. The summed E-state index contributed by atoms with van der Waals surface area (Å²) in [5.41, 5.74) is 0.622. The van der Waals surface area contributed by atoms with Gasteiger partial charge in [-0.25, -0.2) is 9.37 Å². The van der Waals surface area contributed by atoms with Gasteiger partial charge in [0.15, 0.2) is 5.82 Å². The molecule has 0 saturated heterocycles. The SMILES string of the molecule is CCC1CCCC(Oc2nccc(CNC(C)C)c2F)C1. The smallest absolute Gasteiger partial charge is 0.250 e. The van der Waals surface area contributed by atoms with Gasteiger partial charge in [0.1, 0.15) is 6.10 Å². The average molecular weight is 294 g/mol. The number of pyridine rings is 1. The second-order valence-corrected chi connectivity index (χ2v) is 6.31. The van der Waals surface area contributed by atoms with Crippen molar-refractivity contribution in [3.05, 3.63) is 23.6 Å². The van der Waals surface area contributed by atoms with E-state index in [1.165, 1.54) is 19.3 Å². The van der Waals surface area contributed by atoms with Crippen molar-refractivity contribution in [1.82, 2.24) is 10.3 Å². The number of nitrogens with one attached hydrogen (secondary N) is 1. The number of hydrogen-bond acceptors (Lipinski definition) is 3. The number of rotatable bonds is 6. The molecule has 4 heteroatoms. The number of ether oxygens (including phenoxy) is 1. The predicted octanol–water partition coefficient (Wildman–Crippen LogP) is 4.07. The van der Waals surface area contributed by atoms with Crippen molar-refractivity contribution in [2.75, 3.05) is 0 Å². The number of nitrogens with zero attached hydrogens (tertiary/aromatic N) is 1. The summed E-state index contributed by atoms with van der Waals surface area (Å²) in [6, 6.07) is 2.04. The molecule has 2 unspecified atom stereocenters. The Morgan fingerprint density at radius 1 is 1.43 bits per heavy atom. The van der Waals surface area contributed by atoms with Gasteiger partial charge >= 0.3 is 0 Å². The van der Waals surface area contributed by atoms with Crippen molar-refractivity contribution in [3.8, 4) is 5.88 Å². The number of aromatic nitrogens is 1. The second-order valence-electron chi connectivity index (χ2n) is 6.31. The first kappa shape index (κ1) is 16.2. The Balaban J connectivity index is 2.01. The van der Waals surface area contributed by atoms with Crippen LogP contribution in [0, 0.1) is 11.7 Å². The summed E-state index contributed by atoms with van der Waals surface area (Å²) < 4.78 is 20.3. The minimum Gasteiger partial charge on any atom is -0.472 e. The van der Waals surface area contributed by atoms with Gasteiger partial charge in [0.05, 0.1) is 0 Å². The van der Waals surface area contributed by atoms with Crippen LogP contribution in [-0.2, 0) is 6.54 Å². The molecule has 0 amide bonds. The van der Waals surface area contributed by atoms with Crippen LogP contribution in [0.5, 0.6) is 5.88 Å². The van der Waals surface area contributed by atoms with E-state index >= 15 is 0 Å². The van der Waals surface area contributed by atoms with E-state index in [9.17, 15) is 4.39 Å². The van der Waals surface area contributed by atoms with Crippen LogP contribution in [0.25, 0.3) is 0 Å². The Morgan fingerprint density at radius 3 is 2.95 bits per heavy atom. The molecule has 0 radical (unpaired) electrons. The molecule has 21 heavy (non-hydrogen) atoms. The molecule has 2 rings (SSSR count). The van der Waals surface area contributed by atoms with Gasteiger partial charge in [0.2, 0.25) is 0 Å². The Bertz CT molecular complexity index is 450. The molecule has 1 saturated carbocycles. The minimum atomic E-state index is -0.315. The molecule has 1 heterocycles. The van der Waals surface area contributed by atoms with Crippen LogP contribution in [0.3, 0.4) is 0 Å². The van der Waals surface area contributed by atoms with Gasteiger partial charge in [-0.2, -0.15) is 0 Å². The Kier molecular flexibility index (Phi) is 5.97. The summed E-state index contributed by atoms with van der Waals surface area (Å²) in [5, 5.41) is 3.23. The third kappa shape index (κ3) is 4.67. The van der Waals surface area contributed by atoms with Gasteiger partial charge in [-0.15, -0.1) is 0 Å². The van der Waals surface area contributed by atoms with Crippen molar-refractivity contribution in [1.29, 1.82) is 0 Å². The summed E-state index contributed by atoms with van der Waals surface area (Å²) in [7, 11) is 0. The molecule has 0 aromatic carbocycles. The van der Waals surface area contributed by atoms with E-state index in [-0.39, 0.29) is 17.8 Å². The zero-order valence-electron chi connectivity index (χ0n) is 13.4. The van der Waals surface area contributed by atoms with E-state index in [1.54, 1.807) is 12.3 Å². The summed E-state index contributed by atoms with van der Waals surface area (Å²) in [6.07, 6.45) is 7.38. The largest absolute Gasteiger partial charge is 0.472 e. The van der Waals surface area contributed by atoms with Crippen LogP contribution >= 0.6 is 0 Å². The first-order valence-corrected chi connectivity index (χ1v) is 8.13. The van der Waals surface area contributed by atoms with E-state index in [1.807, 2.05) is 13.8 Å². The fourth-order valence-corrected chi connectivity index (χ4v) is 2.87. The maximum absolute atomic E-state index is 14.4. The van der Waals surface area contributed by atoms with Crippen LogP contribution in [0.2, 0.25) is 0 Å². The fourth-order valence-electron chi connectivity index (χ4n) is 2.87. The quantitative estimate of drug-likeness (QED) is 0.859. The zero-order chi connectivity index (χ0) is 15.2. The van der Waals surface area contributed by atoms with Gasteiger partial charge in [0, 0.05) is 24.3 Å². The Labute approximate surface area is 127 Å². The molecule has 0 aliphatic heterocycles. The summed E-state index contributed by atoms with van der Waals surface area (Å²) in [6.45, 7) is 6.81. The minimum absolute atomic E-state index is 0.110. The molecule has 1 N–H and O–H groups in total. The molecule has 1 aromatic rings. The van der Waals surface area contributed by atoms with Crippen molar-refractivity contribution < 1.29 is 9.13 Å². The lowest BCUT2D eigenvalue weighted by Gasteiger charge is -2.28. The van der Waals surface area contributed by atoms with Gasteiger partial charge in [-0.05, 0) is 31.2 Å². The highest BCUT2D eigenvalue weighted by molar-refractivity contribution is 5.23. The van der Waals surface area contributed by atoms with Crippen molar-refractivity contribution in [2.24, 2.45) is 5.92 Å². The molecule has 1 aliphatic rings. The molecular formula is C17H27FN2O. The van der Waals surface area contributed by atoms with Gasteiger partial charge < -0.3 is 10.1 Å². The maximum Gasteiger partial charge on any atom is 0.250 e. The topological polar surface area (TPSA) is 34.1 Å². The third-order valence-corrected chi connectivity index (χ3v) is 4.23. The van der Waals surface area contributed by atoms with Crippen LogP contribution in [0.4, 0.5) is 4.39 Å². The standard InChI is InChI=1S/C17H27FN2O/c1-4-13-6-5-7-15(10-13)21-17-16(18)14(8-9-19-17)11-20-12(2)3/h8-9,12-13,15,20H,4-7,10-11H2,1-3H3. The molecule has 0 bridgehead atoms. The maximum atomic E-state index is 14.4. The molecule has 1 fully saturated rings. The molecule has 1 aliphatic carbocycles. The van der Waals surface area contributed by atoms with Crippen molar-refractivity contribution >= 4 is 0 Å². The fraction of sp³-hybridized carbons (Fsp3) is 0.706. The Morgan fingerprint density at radius 2 is 2.24 bits per heavy atom. The lowest BCUT2D eigenvalue weighted by atomic mass is 9.85. The van der Waals surface area contributed by atoms with E-state index in [0.717, 1.165) is 12.8 Å². The monoisotopic (exact) mass is 294 g/mol. The molecule has 3 nitrogen and oxygen atoms in total. The number of halogens is 1. The second kappa shape index (κ2) is 7.74. The Hall–Kier alpha value is -1.16. The highest BCUT2D eigenvalue weighted by Gasteiger charge is 2.24. The number of hydrogen-bond donors (Lipinski definition) is 1. The van der Waals surface area contributed by atoms with E-state index in [4.69, 9.17) is 4.74 Å². The first-order chi connectivity index (χ1) is 10.1. The highest BCUT2D eigenvalue weighted by Crippen LogP contribution is 2.30. The van der Waals surface area contributed by atoms with Gasteiger partial charge in [-0.3, -0.25) is 0 Å². The molecule has 2 atom stereocenters.